The van der Waals surface area contributed by atoms with Gasteiger partial charge in [0.25, 0.3) is 0 Å². The second-order valence-electron chi connectivity index (χ2n) is 5.06. The third-order valence-corrected chi connectivity index (χ3v) is 3.58. The maximum Gasteiger partial charge on any atom is 0.320 e. The standard InChI is InChI=1S/C15H22N2O2/c1-12-6-7-14(10-13(12)2)19-11-16-15(18)17-8-4-3-5-9-17/h6-7,10H,3-5,8-9,11H2,1-2H3,(H,16,18). The first-order valence-corrected chi connectivity index (χ1v) is 6.89. The Kier molecular flexibility index (Phi) is 4.66. The van der Waals surface area contributed by atoms with Gasteiger partial charge in [0, 0.05) is 13.1 Å². The molecule has 1 aliphatic rings. The van der Waals surface area contributed by atoms with Gasteiger partial charge in [0.1, 0.15) is 5.75 Å². The number of carbonyl (C=O) groups excluding carboxylic acids is 1. The van der Waals surface area contributed by atoms with Crippen LogP contribution in [0, 0.1) is 13.8 Å². The number of hydrogen-bond acceptors (Lipinski definition) is 2. The summed E-state index contributed by atoms with van der Waals surface area (Å²) in [6.45, 7) is 6.05. The maximum atomic E-state index is 11.8. The van der Waals surface area contributed by atoms with Gasteiger partial charge in [-0.1, -0.05) is 6.07 Å². The Morgan fingerprint density at radius 2 is 1.95 bits per heavy atom. The number of amides is 2. The van der Waals surface area contributed by atoms with Crippen molar-refractivity contribution in [3.8, 4) is 5.75 Å². The van der Waals surface area contributed by atoms with E-state index in [1.165, 1.54) is 17.5 Å². The van der Waals surface area contributed by atoms with Crippen LogP contribution in [-0.2, 0) is 0 Å². The van der Waals surface area contributed by atoms with E-state index in [1.54, 1.807) is 0 Å². The van der Waals surface area contributed by atoms with Crippen LogP contribution in [-0.4, -0.2) is 30.8 Å². The number of nitrogens with zero attached hydrogens (tertiary/aromatic N) is 1. The molecular weight excluding hydrogens is 240 g/mol. The van der Waals surface area contributed by atoms with Crippen LogP contribution in [0.1, 0.15) is 30.4 Å². The summed E-state index contributed by atoms with van der Waals surface area (Å²) < 4.78 is 5.54. The van der Waals surface area contributed by atoms with E-state index in [0.717, 1.165) is 31.7 Å². The molecule has 0 saturated carbocycles. The number of carbonyl (C=O) groups is 1. The number of benzene rings is 1. The Balaban J connectivity index is 1.76. The molecule has 104 valence electrons. The normalized spacial score (nSPS) is 15.2. The van der Waals surface area contributed by atoms with Crippen molar-refractivity contribution in [1.82, 2.24) is 10.2 Å². The fourth-order valence-electron chi connectivity index (χ4n) is 2.19. The van der Waals surface area contributed by atoms with Crippen molar-refractivity contribution in [2.24, 2.45) is 0 Å². The Bertz CT molecular complexity index is 440. The van der Waals surface area contributed by atoms with Crippen LogP contribution < -0.4 is 10.1 Å². The topological polar surface area (TPSA) is 41.6 Å². The fraction of sp³-hybridized carbons (Fsp3) is 0.533. The number of ether oxygens (including phenoxy) is 1. The van der Waals surface area contributed by atoms with Gasteiger partial charge in [-0.15, -0.1) is 0 Å². The molecule has 1 fully saturated rings. The zero-order valence-corrected chi connectivity index (χ0v) is 11.7. The van der Waals surface area contributed by atoms with Crippen LogP contribution in [0.25, 0.3) is 0 Å². The summed E-state index contributed by atoms with van der Waals surface area (Å²) in [5.41, 5.74) is 2.43. The number of likely N-dealkylation sites (tertiary alicyclic amines) is 1. The lowest BCUT2D eigenvalue weighted by atomic mass is 10.1. The van der Waals surface area contributed by atoms with E-state index in [4.69, 9.17) is 4.74 Å². The van der Waals surface area contributed by atoms with Crippen LogP contribution in [0.15, 0.2) is 18.2 Å². The first-order valence-electron chi connectivity index (χ1n) is 6.89. The molecule has 0 atom stereocenters. The molecule has 1 aliphatic heterocycles. The van der Waals surface area contributed by atoms with Gasteiger partial charge in [-0.05, 0) is 56.4 Å². The highest BCUT2D eigenvalue weighted by Gasteiger charge is 2.15. The Morgan fingerprint density at radius 3 is 2.63 bits per heavy atom. The minimum atomic E-state index is -0.0245. The summed E-state index contributed by atoms with van der Waals surface area (Å²) >= 11 is 0. The second kappa shape index (κ2) is 6.45. The van der Waals surface area contributed by atoms with Gasteiger partial charge in [-0.25, -0.2) is 4.79 Å². The lowest BCUT2D eigenvalue weighted by Gasteiger charge is -2.26. The summed E-state index contributed by atoms with van der Waals surface area (Å²) in [5, 5.41) is 2.80. The minimum absolute atomic E-state index is 0.0245. The van der Waals surface area contributed by atoms with E-state index in [2.05, 4.69) is 19.2 Å². The molecule has 0 aliphatic carbocycles. The van der Waals surface area contributed by atoms with E-state index in [0.29, 0.717) is 0 Å². The first-order chi connectivity index (χ1) is 9.16. The molecule has 0 unspecified atom stereocenters. The summed E-state index contributed by atoms with van der Waals surface area (Å²) in [5.74, 6) is 0.794. The van der Waals surface area contributed by atoms with Gasteiger partial charge in [-0.3, -0.25) is 0 Å². The van der Waals surface area contributed by atoms with Gasteiger partial charge in [-0.2, -0.15) is 0 Å². The molecule has 1 saturated heterocycles. The number of aryl methyl sites for hydroxylation is 2. The number of piperidine rings is 1. The van der Waals surface area contributed by atoms with Crippen molar-refractivity contribution in [1.29, 1.82) is 0 Å². The lowest BCUT2D eigenvalue weighted by molar-refractivity contribution is 0.174. The van der Waals surface area contributed by atoms with Crippen molar-refractivity contribution in [3.05, 3.63) is 29.3 Å². The third-order valence-electron chi connectivity index (χ3n) is 3.58. The smallest absolute Gasteiger partial charge is 0.320 e. The molecule has 0 bridgehead atoms. The Labute approximate surface area is 114 Å². The van der Waals surface area contributed by atoms with E-state index in [9.17, 15) is 4.79 Å². The third kappa shape index (κ3) is 3.88. The monoisotopic (exact) mass is 262 g/mol. The summed E-state index contributed by atoms with van der Waals surface area (Å²) in [7, 11) is 0. The van der Waals surface area contributed by atoms with Gasteiger partial charge in [0.05, 0.1) is 0 Å². The molecule has 4 heteroatoms. The lowest BCUT2D eigenvalue weighted by Crippen LogP contribution is -2.43. The number of rotatable bonds is 3. The van der Waals surface area contributed by atoms with E-state index in [1.807, 2.05) is 23.1 Å². The highest BCUT2D eigenvalue weighted by molar-refractivity contribution is 5.74. The molecule has 0 radical (unpaired) electrons. The highest BCUT2D eigenvalue weighted by atomic mass is 16.5. The Morgan fingerprint density at radius 1 is 1.21 bits per heavy atom. The maximum absolute atomic E-state index is 11.8. The van der Waals surface area contributed by atoms with Crippen molar-refractivity contribution in [2.75, 3.05) is 19.8 Å². The Hall–Kier alpha value is -1.71. The fourth-order valence-corrected chi connectivity index (χ4v) is 2.19. The van der Waals surface area contributed by atoms with Crippen LogP contribution >= 0.6 is 0 Å². The van der Waals surface area contributed by atoms with Crippen LogP contribution in [0.4, 0.5) is 4.79 Å². The molecule has 1 aromatic rings. The predicted octanol–water partition coefficient (Wildman–Crippen LogP) is 2.84. The van der Waals surface area contributed by atoms with Crippen molar-refractivity contribution in [3.63, 3.8) is 0 Å². The SMILES string of the molecule is Cc1ccc(OCNC(=O)N2CCCCC2)cc1C. The molecule has 19 heavy (non-hydrogen) atoms. The molecule has 4 nitrogen and oxygen atoms in total. The van der Waals surface area contributed by atoms with E-state index >= 15 is 0 Å². The molecule has 2 amide bonds. The largest absolute Gasteiger partial charge is 0.473 e. The van der Waals surface area contributed by atoms with E-state index in [-0.39, 0.29) is 12.8 Å². The molecule has 2 rings (SSSR count). The highest BCUT2D eigenvalue weighted by Crippen LogP contribution is 2.16. The summed E-state index contributed by atoms with van der Waals surface area (Å²) in [4.78, 5) is 13.7. The first kappa shape index (κ1) is 13.7. The molecular formula is C15H22N2O2. The van der Waals surface area contributed by atoms with Crippen molar-refractivity contribution >= 4 is 6.03 Å². The van der Waals surface area contributed by atoms with Crippen molar-refractivity contribution in [2.45, 2.75) is 33.1 Å². The van der Waals surface area contributed by atoms with Crippen LogP contribution in [0.2, 0.25) is 0 Å². The number of urea groups is 1. The van der Waals surface area contributed by atoms with Crippen molar-refractivity contribution < 1.29 is 9.53 Å². The van der Waals surface area contributed by atoms with Gasteiger partial charge >= 0.3 is 6.03 Å². The van der Waals surface area contributed by atoms with Gasteiger partial charge < -0.3 is 15.0 Å². The average molecular weight is 262 g/mol. The van der Waals surface area contributed by atoms with Crippen LogP contribution in [0.5, 0.6) is 5.75 Å². The molecule has 1 heterocycles. The zero-order chi connectivity index (χ0) is 13.7. The second-order valence-corrected chi connectivity index (χ2v) is 5.06. The number of hydrogen-bond donors (Lipinski definition) is 1. The molecule has 0 spiro atoms. The van der Waals surface area contributed by atoms with Crippen LogP contribution in [0.3, 0.4) is 0 Å². The molecule has 1 aromatic carbocycles. The average Bonchev–Trinajstić information content (AvgIpc) is 2.43. The summed E-state index contributed by atoms with van der Waals surface area (Å²) in [6, 6.07) is 5.91. The quantitative estimate of drug-likeness (QED) is 0.851. The van der Waals surface area contributed by atoms with Gasteiger partial charge in [0.2, 0.25) is 0 Å². The number of nitrogens with one attached hydrogen (secondary N) is 1. The van der Waals surface area contributed by atoms with Gasteiger partial charge in [0.15, 0.2) is 6.73 Å². The molecule has 0 aromatic heterocycles. The van der Waals surface area contributed by atoms with E-state index < -0.39 is 0 Å². The predicted molar refractivity (Wildman–Crippen MR) is 75.4 cm³/mol. The zero-order valence-electron chi connectivity index (χ0n) is 11.7. The minimum Gasteiger partial charge on any atom is -0.473 e. The summed E-state index contributed by atoms with van der Waals surface area (Å²) in [6.07, 6.45) is 3.43. The molecule has 1 N–H and O–H groups in total.